The van der Waals surface area contributed by atoms with Gasteiger partial charge in [-0.25, -0.2) is 0 Å². The summed E-state index contributed by atoms with van der Waals surface area (Å²) in [7, 11) is -3.83. The highest BCUT2D eigenvalue weighted by Gasteiger charge is 2.13. The highest BCUT2D eigenvalue weighted by molar-refractivity contribution is 7.85. The number of ether oxygens (including phenoxy) is 2. The van der Waals surface area contributed by atoms with Crippen LogP contribution < -0.4 is 9.47 Å². The second-order valence-corrected chi connectivity index (χ2v) is 10.2. The van der Waals surface area contributed by atoms with Crippen LogP contribution in [-0.2, 0) is 10.1 Å². The van der Waals surface area contributed by atoms with E-state index in [4.69, 9.17) is 14.0 Å². The zero-order valence-corrected chi connectivity index (χ0v) is 21.1. The van der Waals surface area contributed by atoms with Crippen molar-refractivity contribution in [2.24, 2.45) is 0 Å². The van der Waals surface area contributed by atoms with Crippen molar-refractivity contribution in [2.75, 3.05) is 19.0 Å². The lowest BCUT2D eigenvalue weighted by Crippen LogP contribution is -2.03. The number of hydrogen-bond donors (Lipinski definition) is 1. The standard InChI is InChI=1S/C28H40O5S/c1-2-3-4-5-8-14-22-32-26-20-17-21-27(28(26)25-18-12-11-13-19-25)33-23-15-9-6-7-10-16-24-34(29,30)31/h2,11-13,17-21H,1,3-10,14-16,22-24H2,(H,29,30,31). The summed E-state index contributed by atoms with van der Waals surface area (Å²) in [5.74, 6) is 1.54. The second kappa shape index (κ2) is 16.3. The Morgan fingerprint density at radius 2 is 1.24 bits per heavy atom. The average molecular weight is 489 g/mol. The molecule has 2 aromatic carbocycles. The zero-order chi connectivity index (χ0) is 24.5. The molecule has 0 radical (unpaired) electrons. The van der Waals surface area contributed by atoms with Crippen molar-refractivity contribution in [3.8, 4) is 22.6 Å². The molecule has 34 heavy (non-hydrogen) atoms. The fourth-order valence-corrected chi connectivity index (χ4v) is 4.41. The molecule has 188 valence electrons. The Balaban J connectivity index is 1.83. The van der Waals surface area contributed by atoms with Crippen LogP contribution in [0.4, 0.5) is 0 Å². The van der Waals surface area contributed by atoms with Crippen LogP contribution in [0.5, 0.6) is 11.5 Å². The van der Waals surface area contributed by atoms with Gasteiger partial charge in [0.05, 0.1) is 24.5 Å². The molecule has 0 bridgehead atoms. The minimum Gasteiger partial charge on any atom is -0.493 e. The first-order valence-corrected chi connectivity index (χ1v) is 14.1. The highest BCUT2D eigenvalue weighted by atomic mass is 32.2. The van der Waals surface area contributed by atoms with Crippen LogP contribution in [0.15, 0.2) is 61.2 Å². The largest absolute Gasteiger partial charge is 0.493 e. The Labute approximate surface area is 205 Å². The van der Waals surface area contributed by atoms with Gasteiger partial charge in [-0.05, 0) is 49.8 Å². The van der Waals surface area contributed by atoms with Gasteiger partial charge >= 0.3 is 0 Å². The summed E-state index contributed by atoms with van der Waals surface area (Å²) in [5.41, 5.74) is 2.08. The second-order valence-electron chi connectivity index (χ2n) is 8.59. The summed E-state index contributed by atoms with van der Waals surface area (Å²) < 4.78 is 42.6. The van der Waals surface area contributed by atoms with Crippen LogP contribution in [0.1, 0.15) is 70.6 Å². The highest BCUT2D eigenvalue weighted by Crippen LogP contribution is 2.38. The fraction of sp³-hybridized carbons (Fsp3) is 0.500. The van der Waals surface area contributed by atoms with E-state index >= 15 is 0 Å². The molecule has 2 aromatic rings. The molecule has 0 atom stereocenters. The van der Waals surface area contributed by atoms with Crippen molar-refractivity contribution >= 4 is 10.1 Å². The van der Waals surface area contributed by atoms with Gasteiger partial charge in [-0.2, -0.15) is 8.42 Å². The van der Waals surface area contributed by atoms with E-state index in [1.807, 2.05) is 42.5 Å². The summed E-state index contributed by atoms with van der Waals surface area (Å²) >= 11 is 0. The lowest BCUT2D eigenvalue weighted by molar-refractivity contribution is 0.292. The molecule has 0 aliphatic heterocycles. The normalized spacial score (nSPS) is 11.3. The summed E-state index contributed by atoms with van der Waals surface area (Å²) in [5, 5.41) is 0. The third kappa shape index (κ3) is 11.7. The van der Waals surface area contributed by atoms with Crippen LogP contribution in [0.3, 0.4) is 0 Å². The average Bonchev–Trinajstić information content (AvgIpc) is 2.82. The summed E-state index contributed by atoms with van der Waals surface area (Å²) in [6, 6.07) is 16.2. The molecule has 0 spiro atoms. The van der Waals surface area contributed by atoms with E-state index in [-0.39, 0.29) is 5.75 Å². The Morgan fingerprint density at radius 1 is 0.706 bits per heavy atom. The molecule has 0 amide bonds. The van der Waals surface area contributed by atoms with Gasteiger partial charge in [0, 0.05) is 0 Å². The molecule has 0 saturated heterocycles. The first-order valence-electron chi connectivity index (χ1n) is 12.5. The van der Waals surface area contributed by atoms with E-state index in [0.29, 0.717) is 19.6 Å². The molecule has 0 heterocycles. The molecule has 0 saturated carbocycles. The third-order valence-corrected chi connectivity index (χ3v) is 6.47. The Kier molecular flexibility index (Phi) is 13.4. The number of rotatable bonds is 19. The molecule has 1 N–H and O–H groups in total. The Bertz CT molecular complexity index is 925. The third-order valence-electron chi connectivity index (χ3n) is 5.66. The topological polar surface area (TPSA) is 72.8 Å². The SMILES string of the molecule is C=CCCCCCCOc1cccc(OCCCCCCCCS(=O)(=O)O)c1-c1ccccc1. The molecule has 0 aromatic heterocycles. The maximum Gasteiger partial charge on any atom is 0.264 e. The van der Waals surface area contributed by atoms with Crippen LogP contribution in [-0.4, -0.2) is 31.9 Å². The van der Waals surface area contributed by atoms with Gasteiger partial charge < -0.3 is 9.47 Å². The molecular formula is C28H40O5S. The van der Waals surface area contributed by atoms with Gasteiger partial charge in [-0.1, -0.05) is 81.0 Å². The van der Waals surface area contributed by atoms with Crippen LogP contribution in [0, 0.1) is 0 Å². The van der Waals surface area contributed by atoms with Crippen molar-refractivity contribution in [1.82, 2.24) is 0 Å². The van der Waals surface area contributed by atoms with E-state index in [1.165, 1.54) is 12.8 Å². The smallest absolute Gasteiger partial charge is 0.264 e. The summed E-state index contributed by atoms with van der Waals surface area (Å²) in [6.07, 6.45) is 12.9. The van der Waals surface area contributed by atoms with E-state index in [1.54, 1.807) is 0 Å². The van der Waals surface area contributed by atoms with E-state index in [0.717, 1.165) is 74.0 Å². The van der Waals surface area contributed by atoms with E-state index < -0.39 is 10.1 Å². The number of benzene rings is 2. The maximum atomic E-state index is 10.7. The number of unbranched alkanes of at least 4 members (excludes halogenated alkanes) is 9. The summed E-state index contributed by atoms with van der Waals surface area (Å²) in [4.78, 5) is 0. The lowest BCUT2D eigenvalue weighted by atomic mass is 10.0. The molecule has 0 aliphatic rings. The molecule has 5 nitrogen and oxygen atoms in total. The van der Waals surface area contributed by atoms with Gasteiger partial charge in [0.2, 0.25) is 0 Å². The minimum atomic E-state index is -3.83. The quantitative estimate of drug-likeness (QED) is 0.126. The van der Waals surface area contributed by atoms with Crippen molar-refractivity contribution in [1.29, 1.82) is 0 Å². The van der Waals surface area contributed by atoms with Crippen LogP contribution in [0.25, 0.3) is 11.1 Å². The molecule has 6 heteroatoms. The van der Waals surface area contributed by atoms with Gasteiger partial charge in [-0.3, -0.25) is 4.55 Å². The maximum absolute atomic E-state index is 10.7. The van der Waals surface area contributed by atoms with E-state index in [2.05, 4.69) is 18.7 Å². The number of allylic oxidation sites excluding steroid dienone is 1. The van der Waals surface area contributed by atoms with Gasteiger partial charge in [0.15, 0.2) is 0 Å². The monoisotopic (exact) mass is 488 g/mol. The van der Waals surface area contributed by atoms with Crippen LogP contribution >= 0.6 is 0 Å². The molecule has 0 aliphatic carbocycles. The van der Waals surface area contributed by atoms with Crippen LogP contribution in [0.2, 0.25) is 0 Å². The zero-order valence-electron chi connectivity index (χ0n) is 20.3. The minimum absolute atomic E-state index is 0.147. The Hall–Kier alpha value is -2.31. The van der Waals surface area contributed by atoms with Crippen molar-refractivity contribution in [3.05, 3.63) is 61.2 Å². The van der Waals surface area contributed by atoms with E-state index in [9.17, 15) is 8.42 Å². The molecule has 2 rings (SSSR count). The Morgan fingerprint density at radius 3 is 1.79 bits per heavy atom. The number of hydrogen-bond acceptors (Lipinski definition) is 4. The predicted octanol–water partition coefficient (Wildman–Crippen LogP) is 7.48. The molecule has 0 fully saturated rings. The first-order chi connectivity index (χ1) is 16.5. The van der Waals surface area contributed by atoms with Crippen molar-refractivity contribution in [2.45, 2.75) is 70.6 Å². The molecular weight excluding hydrogens is 448 g/mol. The summed E-state index contributed by atoms with van der Waals surface area (Å²) in [6.45, 7) is 5.08. The fourth-order valence-electron chi connectivity index (χ4n) is 3.84. The van der Waals surface area contributed by atoms with Crippen molar-refractivity contribution < 1.29 is 22.4 Å². The van der Waals surface area contributed by atoms with Gasteiger partial charge in [-0.15, -0.1) is 6.58 Å². The molecule has 0 unspecified atom stereocenters. The van der Waals surface area contributed by atoms with Crippen molar-refractivity contribution in [3.63, 3.8) is 0 Å². The van der Waals surface area contributed by atoms with Gasteiger partial charge in [0.25, 0.3) is 10.1 Å². The lowest BCUT2D eigenvalue weighted by Gasteiger charge is -2.17. The predicted molar refractivity (Wildman–Crippen MR) is 140 cm³/mol. The first kappa shape index (κ1) is 27.9. The van der Waals surface area contributed by atoms with Gasteiger partial charge in [0.1, 0.15) is 11.5 Å².